The minimum absolute atomic E-state index is 0.0923. The van der Waals surface area contributed by atoms with Gasteiger partial charge in [-0.05, 0) is 122 Å². The summed E-state index contributed by atoms with van der Waals surface area (Å²) in [6, 6.07) is 18.6. The highest BCUT2D eigenvalue weighted by Gasteiger charge is 2.36. The van der Waals surface area contributed by atoms with Crippen molar-refractivity contribution in [2.24, 2.45) is 23.3 Å². The van der Waals surface area contributed by atoms with E-state index in [-0.39, 0.29) is 18.2 Å². The molecule has 0 aliphatic heterocycles. The Balaban J connectivity index is 1.16. The van der Waals surface area contributed by atoms with E-state index in [0.29, 0.717) is 29.9 Å². The summed E-state index contributed by atoms with van der Waals surface area (Å²) < 4.78 is 6.00. The third kappa shape index (κ3) is 6.02. The number of carbonyl (C=O) groups is 2. The Morgan fingerprint density at radius 3 is 2.33 bits per heavy atom. The molecule has 7 rings (SSSR count). The number of amides is 2. The molecule has 5 aromatic rings. The molecule has 3 aromatic carbocycles. The highest BCUT2D eigenvalue weighted by Crippen LogP contribution is 2.41. The van der Waals surface area contributed by atoms with Crippen molar-refractivity contribution in [1.29, 1.82) is 0 Å². The van der Waals surface area contributed by atoms with E-state index in [0.717, 1.165) is 83.3 Å². The molecule has 2 aliphatic rings. The number of primary amides is 1. The van der Waals surface area contributed by atoms with Crippen LogP contribution in [0.25, 0.3) is 33.6 Å². The first-order chi connectivity index (χ1) is 22.4. The fourth-order valence-electron chi connectivity index (χ4n) is 6.63. The lowest BCUT2D eigenvalue weighted by Crippen LogP contribution is -2.52. The molecular formula is C35H38N8O3. The molecule has 0 saturated heterocycles. The lowest BCUT2D eigenvalue weighted by Gasteiger charge is -2.35. The van der Waals surface area contributed by atoms with Crippen molar-refractivity contribution in [2.75, 3.05) is 11.4 Å². The zero-order valence-corrected chi connectivity index (χ0v) is 25.9. The van der Waals surface area contributed by atoms with E-state index in [1.165, 1.54) is 0 Å². The van der Waals surface area contributed by atoms with Gasteiger partial charge in [0, 0.05) is 29.5 Å². The zero-order chi connectivity index (χ0) is 31.8. The number of benzene rings is 3. The van der Waals surface area contributed by atoms with Crippen molar-refractivity contribution in [1.82, 2.24) is 25.6 Å². The van der Waals surface area contributed by atoms with Crippen molar-refractivity contribution in [2.45, 2.75) is 63.8 Å². The number of aromatic amines is 1. The van der Waals surface area contributed by atoms with Crippen LogP contribution in [0.2, 0.25) is 0 Å². The second-order valence-electron chi connectivity index (χ2n) is 12.7. The predicted molar refractivity (Wildman–Crippen MR) is 174 cm³/mol. The zero-order valence-electron chi connectivity index (χ0n) is 25.9. The second kappa shape index (κ2) is 12.5. The number of oxazole rings is 1. The van der Waals surface area contributed by atoms with Crippen molar-refractivity contribution in [3.05, 3.63) is 77.7 Å². The first-order valence-corrected chi connectivity index (χ1v) is 16.0. The number of tetrazole rings is 1. The number of anilines is 1. The quantitative estimate of drug-likeness (QED) is 0.195. The standard InChI is InChI=1S/C35H38N8O3/c1-20-16-31-29(38-34(46-31)25-10-11-25)18-28(20)23-6-2-21(3-7-23)17-30(32(37)44)43(35(45)26-8-4-22(19-36)5-9-26)27-14-12-24(13-15-27)33-39-41-42-40-33/h2-3,6-7,12-16,18,22,25-26,30H,4-5,8-11,17,19,36H2,1H3,(H2,37,44)(H,39,40,41,42)/t22?,26?,30-/m0/s1. The lowest BCUT2D eigenvalue weighted by atomic mass is 9.81. The fourth-order valence-corrected chi connectivity index (χ4v) is 6.63. The van der Waals surface area contributed by atoms with Crippen molar-refractivity contribution in [3.8, 4) is 22.5 Å². The fraction of sp³-hybridized carbons (Fsp3) is 0.371. The van der Waals surface area contributed by atoms with Gasteiger partial charge in [0.25, 0.3) is 0 Å². The van der Waals surface area contributed by atoms with E-state index in [1.54, 1.807) is 4.90 Å². The van der Waals surface area contributed by atoms with Gasteiger partial charge >= 0.3 is 0 Å². The number of fused-ring (bicyclic) bond motifs is 1. The van der Waals surface area contributed by atoms with Crippen LogP contribution in [-0.4, -0.2) is 50.0 Å². The number of aryl methyl sites for hydroxylation is 1. The number of hydrogen-bond acceptors (Lipinski definition) is 8. The van der Waals surface area contributed by atoms with Gasteiger partial charge in [-0.25, -0.2) is 4.98 Å². The van der Waals surface area contributed by atoms with Crippen molar-refractivity contribution >= 4 is 28.6 Å². The highest BCUT2D eigenvalue weighted by atomic mass is 16.3. The summed E-state index contributed by atoms with van der Waals surface area (Å²) in [5, 5.41) is 14.2. The summed E-state index contributed by atoms with van der Waals surface area (Å²) in [6.45, 7) is 2.69. The molecule has 0 unspecified atom stereocenters. The molecule has 5 N–H and O–H groups in total. The van der Waals surface area contributed by atoms with Crippen LogP contribution in [0.15, 0.2) is 65.1 Å². The van der Waals surface area contributed by atoms with Gasteiger partial charge < -0.3 is 15.9 Å². The molecule has 2 saturated carbocycles. The van der Waals surface area contributed by atoms with E-state index in [2.05, 4.69) is 39.7 Å². The molecule has 0 spiro atoms. The number of rotatable bonds is 10. The molecule has 11 nitrogen and oxygen atoms in total. The number of nitrogens with zero attached hydrogens (tertiary/aromatic N) is 5. The van der Waals surface area contributed by atoms with Crippen LogP contribution in [0.1, 0.15) is 61.5 Å². The summed E-state index contributed by atoms with van der Waals surface area (Å²) >= 11 is 0. The minimum atomic E-state index is -0.879. The number of nitrogens with one attached hydrogen (secondary N) is 1. The Kier molecular flexibility index (Phi) is 8.08. The van der Waals surface area contributed by atoms with Crippen LogP contribution in [0.5, 0.6) is 0 Å². The molecule has 1 atom stereocenters. The summed E-state index contributed by atoms with van der Waals surface area (Å²) in [5.74, 6) is 1.28. The molecule has 2 aliphatic carbocycles. The number of carbonyl (C=O) groups excluding carboxylic acids is 2. The molecular weight excluding hydrogens is 580 g/mol. The van der Waals surface area contributed by atoms with Crippen LogP contribution in [0.3, 0.4) is 0 Å². The topological polar surface area (TPSA) is 170 Å². The largest absolute Gasteiger partial charge is 0.440 e. The normalized spacial score (nSPS) is 18.8. The van der Waals surface area contributed by atoms with Crippen molar-refractivity contribution in [3.63, 3.8) is 0 Å². The summed E-state index contributed by atoms with van der Waals surface area (Å²) in [7, 11) is 0. The highest BCUT2D eigenvalue weighted by molar-refractivity contribution is 6.02. The third-order valence-electron chi connectivity index (χ3n) is 9.53. The maximum atomic E-state index is 14.2. The van der Waals surface area contributed by atoms with Crippen LogP contribution in [-0.2, 0) is 16.0 Å². The maximum absolute atomic E-state index is 14.2. The average molecular weight is 619 g/mol. The second-order valence-corrected chi connectivity index (χ2v) is 12.7. The van der Waals surface area contributed by atoms with Gasteiger partial charge in [0.1, 0.15) is 11.6 Å². The van der Waals surface area contributed by atoms with Gasteiger partial charge in [-0.15, -0.1) is 10.2 Å². The number of hydrogen-bond donors (Lipinski definition) is 3. The molecule has 2 amide bonds. The van der Waals surface area contributed by atoms with E-state index in [9.17, 15) is 9.59 Å². The van der Waals surface area contributed by atoms with Crippen molar-refractivity contribution < 1.29 is 14.0 Å². The lowest BCUT2D eigenvalue weighted by molar-refractivity contribution is -0.127. The van der Waals surface area contributed by atoms with Crippen LogP contribution in [0.4, 0.5) is 5.69 Å². The summed E-state index contributed by atoms with van der Waals surface area (Å²) in [6.07, 6.45) is 5.79. The molecule has 0 bridgehead atoms. The molecule has 0 radical (unpaired) electrons. The van der Waals surface area contributed by atoms with Crippen LogP contribution < -0.4 is 16.4 Å². The molecule has 11 heteroatoms. The van der Waals surface area contributed by atoms with E-state index in [4.69, 9.17) is 20.9 Å². The monoisotopic (exact) mass is 618 g/mol. The van der Waals surface area contributed by atoms with Gasteiger partial charge in [0.15, 0.2) is 11.5 Å². The maximum Gasteiger partial charge on any atom is 0.240 e. The van der Waals surface area contributed by atoms with Gasteiger partial charge in [-0.1, -0.05) is 24.3 Å². The Morgan fingerprint density at radius 1 is 0.978 bits per heavy atom. The van der Waals surface area contributed by atoms with Gasteiger partial charge in [0.05, 0.1) is 0 Å². The number of nitrogens with two attached hydrogens (primary N) is 2. The Morgan fingerprint density at radius 2 is 1.70 bits per heavy atom. The molecule has 2 aromatic heterocycles. The number of aromatic nitrogens is 5. The van der Waals surface area contributed by atoms with E-state index >= 15 is 0 Å². The van der Waals surface area contributed by atoms with E-state index < -0.39 is 11.9 Å². The Labute approximate surface area is 266 Å². The average Bonchev–Trinajstić information content (AvgIpc) is 3.61. The van der Waals surface area contributed by atoms with Gasteiger partial charge in [0.2, 0.25) is 17.6 Å². The SMILES string of the molecule is Cc1cc2oc(C3CC3)nc2cc1-c1ccc(C[C@@H](C(N)=O)N(C(=O)C2CCC(CN)CC2)c2ccc(-c3nn[nH]n3)cc2)cc1. The Hall–Kier alpha value is -4.90. The minimum Gasteiger partial charge on any atom is -0.440 e. The molecule has 2 fully saturated rings. The van der Waals surface area contributed by atoms with Crippen LogP contribution >= 0.6 is 0 Å². The molecule has 46 heavy (non-hydrogen) atoms. The van der Waals surface area contributed by atoms with Gasteiger partial charge in [-0.2, -0.15) is 5.21 Å². The van der Waals surface area contributed by atoms with Crippen LogP contribution in [0, 0.1) is 18.8 Å². The predicted octanol–water partition coefficient (Wildman–Crippen LogP) is 5.06. The first kappa shape index (κ1) is 29.8. The Bertz CT molecular complexity index is 1840. The molecule has 2 heterocycles. The van der Waals surface area contributed by atoms with E-state index in [1.807, 2.05) is 48.5 Å². The third-order valence-corrected chi connectivity index (χ3v) is 9.53. The molecule has 236 valence electrons. The van der Waals surface area contributed by atoms with Gasteiger partial charge in [-0.3, -0.25) is 14.5 Å². The smallest absolute Gasteiger partial charge is 0.240 e. The summed E-state index contributed by atoms with van der Waals surface area (Å²) in [5.41, 5.74) is 19.1. The summed E-state index contributed by atoms with van der Waals surface area (Å²) in [4.78, 5) is 33.7. The number of H-pyrrole nitrogens is 1. The first-order valence-electron chi connectivity index (χ1n) is 16.0.